The van der Waals surface area contributed by atoms with Crippen molar-refractivity contribution in [3.05, 3.63) is 54.4 Å². The fourth-order valence-corrected chi connectivity index (χ4v) is 3.25. The highest BCUT2D eigenvalue weighted by Gasteiger charge is 2.27. The van der Waals surface area contributed by atoms with Gasteiger partial charge in [0, 0.05) is 5.69 Å². The zero-order valence-corrected chi connectivity index (χ0v) is 16.5. The third kappa shape index (κ3) is 4.80. The summed E-state index contributed by atoms with van der Waals surface area (Å²) < 4.78 is 22.5. The van der Waals surface area contributed by atoms with Gasteiger partial charge in [-0.15, -0.1) is 10.2 Å². The molecule has 1 amide bonds. The van der Waals surface area contributed by atoms with Crippen LogP contribution in [0.3, 0.4) is 0 Å². The van der Waals surface area contributed by atoms with Gasteiger partial charge in [-0.25, -0.2) is 0 Å². The number of ether oxygens (including phenoxy) is 3. The monoisotopic (exact) mass is 413 g/mol. The van der Waals surface area contributed by atoms with E-state index in [0.29, 0.717) is 34.9 Å². The maximum absolute atomic E-state index is 12.1. The molecule has 9 heteroatoms. The van der Waals surface area contributed by atoms with Crippen LogP contribution >= 0.6 is 11.8 Å². The lowest BCUT2D eigenvalue weighted by Gasteiger charge is -2.23. The van der Waals surface area contributed by atoms with Crippen molar-refractivity contribution in [1.82, 2.24) is 10.2 Å². The minimum atomic E-state index is -0.482. The topological polar surface area (TPSA) is 95.7 Å². The van der Waals surface area contributed by atoms with Crippen LogP contribution in [0.2, 0.25) is 0 Å². The van der Waals surface area contributed by atoms with Gasteiger partial charge in [0.15, 0.2) is 11.5 Å². The first kappa shape index (κ1) is 19.1. The van der Waals surface area contributed by atoms with E-state index in [1.54, 1.807) is 24.3 Å². The van der Waals surface area contributed by atoms with Crippen LogP contribution in [0.5, 0.6) is 17.2 Å². The molecule has 0 radical (unpaired) electrons. The Kier molecular flexibility index (Phi) is 5.85. The Morgan fingerprint density at radius 1 is 1.17 bits per heavy atom. The quantitative estimate of drug-likeness (QED) is 0.586. The van der Waals surface area contributed by atoms with Crippen molar-refractivity contribution in [2.45, 2.75) is 18.3 Å². The second-order valence-corrected chi connectivity index (χ2v) is 6.99. The number of para-hydroxylation sites is 2. The van der Waals surface area contributed by atoms with Gasteiger partial charge in [-0.2, -0.15) is 0 Å². The molecule has 0 aliphatic carbocycles. The van der Waals surface area contributed by atoms with Gasteiger partial charge in [0.05, 0.1) is 12.4 Å². The fraction of sp³-hybridized carbons (Fsp3) is 0.250. The van der Waals surface area contributed by atoms with E-state index in [9.17, 15) is 4.79 Å². The van der Waals surface area contributed by atoms with Crippen molar-refractivity contribution >= 4 is 23.4 Å². The van der Waals surface area contributed by atoms with Gasteiger partial charge in [-0.05, 0) is 43.3 Å². The van der Waals surface area contributed by atoms with Crippen molar-refractivity contribution in [3.8, 4) is 17.2 Å². The molecule has 1 N–H and O–H groups in total. The SMILES string of the molecule is CCOc1ccc(NC(=O)CSc2nnc(C3COc4ccccc4O3)o2)cc1. The van der Waals surface area contributed by atoms with Gasteiger partial charge >= 0.3 is 0 Å². The second kappa shape index (κ2) is 8.87. The summed E-state index contributed by atoms with van der Waals surface area (Å²) in [4.78, 5) is 12.1. The molecule has 0 saturated carbocycles. The van der Waals surface area contributed by atoms with Crippen molar-refractivity contribution in [2.24, 2.45) is 0 Å². The summed E-state index contributed by atoms with van der Waals surface area (Å²) in [6, 6.07) is 14.6. The van der Waals surface area contributed by atoms with Crippen molar-refractivity contribution in [1.29, 1.82) is 0 Å². The first-order chi connectivity index (χ1) is 14.2. The zero-order chi connectivity index (χ0) is 20.1. The summed E-state index contributed by atoms with van der Waals surface area (Å²) in [5, 5.41) is 11.1. The van der Waals surface area contributed by atoms with Gasteiger partial charge < -0.3 is 23.9 Å². The van der Waals surface area contributed by atoms with Crippen LogP contribution in [0.4, 0.5) is 5.69 Å². The average molecular weight is 413 g/mol. The number of fused-ring (bicyclic) bond motifs is 1. The van der Waals surface area contributed by atoms with Crippen LogP contribution in [-0.2, 0) is 4.79 Å². The zero-order valence-electron chi connectivity index (χ0n) is 15.7. The van der Waals surface area contributed by atoms with Crippen LogP contribution in [0.25, 0.3) is 0 Å². The smallest absolute Gasteiger partial charge is 0.277 e. The number of carbonyl (C=O) groups is 1. The molecular formula is C20H19N3O5S. The second-order valence-electron chi connectivity index (χ2n) is 6.06. The molecule has 1 unspecified atom stereocenters. The normalized spacial score (nSPS) is 15.0. The molecule has 1 aromatic heterocycles. The molecule has 0 fully saturated rings. The minimum Gasteiger partial charge on any atom is -0.494 e. The van der Waals surface area contributed by atoms with E-state index in [1.165, 1.54) is 0 Å². The number of aromatic nitrogens is 2. The highest BCUT2D eigenvalue weighted by molar-refractivity contribution is 7.99. The fourth-order valence-electron chi connectivity index (χ4n) is 2.68. The highest BCUT2D eigenvalue weighted by atomic mass is 32.2. The van der Waals surface area contributed by atoms with Crippen molar-refractivity contribution < 1.29 is 23.4 Å². The average Bonchev–Trinajstić information content (AvgIpc) is 3.23. The Bertz CT molecular complexity index is 976. The molecule has 0 spiro atoms. The number of carbonyl (C=O) groups excluding carboxylic acids is 1. The number of amides is 1. The molecule has 1 aliphatic heterocycles. The molecule has 1 atom stereocenters. The number of anilines is 1. The minimum absolute atomic E-state index is 0.139. The predicted molar refractivity (Wildman–Crippen MR) is 107 cm³/mol. The number of benzene rings is 2. The number of nitrogens with zero attached hydrogens (tertiary/aromatic N) is 2. The Balaban J connectivity index is 1.29. The maximum Gasteiger partial charge on any atom is 0.277 e. The summed E-state index contributed by atoms with van der Waals surface area (Å²) in [7, 11) is 0. The first-order valence-electron chi connectivity index (χ1n) is 9.08. The summed E-state index contributed by atoms with van der Waals surface area (Å²) in [6.45, 7) is 2.79. The third-order valence-corrected chi connectivity index (χ3v) is 4.80. The van der Waals surface area contributed by atoms with Crippen LogP contribution in [-0.4, -0.2) is 35.1 Å². The van der Waals surface area contributed by atoms with Gasteiger partial charge in [0.1, 0.15) is 12.4 Å². The number of thioether (sulfide) groups is 1. The molecule has 8 nitrogen and oxygen atoms in total. The molecule has 0 saturated heterocycles. The summed E-state index contributed by atoms with van der Waals surface area (Å²) in [5.41, 5.74) is 0.691. The van der Waals surface area contributed by atoms with Gasteiger partial charge in [-0.3, -0.25) is 4.79 Å². The van der Waals surface area contributed by atoms with Crippen molar-refractivity contribution in [2.75, 3.05) is 24.3 Å². The molecule has 2 aromatic carbocycles. The van der Waals surface area contributed by atoms with E-state index >= 15 is 0 Å². The number of hydrogen-bond donors (Lipinski definition) is 1. The lowest BCUT2D eigenvalue weighted by Crippen LogP contribution is -2.21. The predicted octanol–water partition coefficient (Wildman–Crippen LogP) is 3.71. The Morgan fingerprint density at radius 3 is 2.76 bits per heavy atom. The Labute approximate surface area is 171 Å². The van der Waals surface area contributed by atoms with E-state index < -0.39 is 6.10 Å². The maximum atomic E-state index is 12.1. The van der Waals surface area contributed by atoms with Crippen LogP contribution in [0.1, 0.15) is 18.9 Å². The molecule has 3 aromatic rings. The van der Waals surface area contributed by atoms with Crippen LogP contribution in [0, 0.1) is 0 Å². The van der Waals surface area contributed by atoms with Gasteiger partial charge in [0.2, 0.25) is 12.0 Å². The van der Waals surface area contributed by atoms with Crippen molar-refractivity contribution in [3.63, 3.8) is 0 Å². The lowest BCUT2D eigenvalue weighted by atomic mass is 10.2. The molecule has 2 heterocycles. The Morgan fingerprint density at radius 2 is 1.97 bits per heavy atom. The van der Waals surface area contributed by atoms with Crippen LogP contribution < -0.4 is 19.5 Å². The standard InChI is InChI=1S/C20H19N3O5S/c1-2-25-14-9-7-13(8-10-14)21-18(24)12-29-20-23-22-19(28-20)17-11-26-15-5-3-4-6-16(15)27-17/h3-10,17H,2,11-12H2,1H3,(H,21,24). The number of nitrogens with one attached hydrogen (secondary N) is 1. The first-order valence-corrected chi connectivity index (χ1v) is 10.1. The molecule has 150 valence electrons. The van der Waals surface area contributed by atoms with E-state index in [-0.39, 0.29) is 18.3 Å². The van der Waals surface area contributed by atoms with Gasteiger partial charge in [0.25, 0.3) is 11.1 Å². The molecule has 29 heavy (non-hydrogen) atoms. The summed E-state index contributed by atoms with van der Waals surface area (Å²) >= 11 is 1.16. The molecule has 4 rings (SSSR count). The Hall–Kier alpha value is -3.20. The summed E-state index contributed by atoms with van der Waals surface area (Å²) in [6.07, 6.45) is -0.482. The highest BCUT2D eigenvalue weighted by Crippen LogP contribution is 2.35. The molecule has 1 aliphatic rings. The lowest BCUT2D eigenvalue weighted by molar-refractivity contribution is -0.113. The number of hydrogen-bond acceptors (Lipinski definition) is 8. The third-order valence-electron chi connectivity index (χ3n) is 3.98. The van der Waals surface area contributed by atoms with E-state index in [0.717, 1.165) is 17.5 Å². The number of rotatable bonds is 7. The largest absolute Gasteiger partial charge is 0.494 e. The molecular weight excluding hydrogens is 394 g/mol. The summed E-state index contributed by atoms with van der Waals surface area (Å²) in [5.74, 6) is 2.35. The van der Waals surface area contributed by atoms with E-state index in [1.807, 2.05) is 31.2 Å². The van der Waals surface area contributed by atoms with Crippen LogP contribution in [0.15, 0.2) is 58.2 Å². The van der Waals surface area contributed by atoms with Gasteiger partial charge in [-0.1, -0.05) is 23.9 Å². The van der Waals surface area contributed by atoms with E-state index in [4.69, 9.17) is 18.6 Å². The van der Waals surface area contributed by atoms with E-state index in [2.05, 4.69) is 15.5 Å². The molecule has 0 bridgehead atoms.